The first-order valence-corrected chi connectivity index (χ1v) is 17.8. The zero-order chi connectivity index (χ0) is 39.5. The minimum Gasteiger partial charge on any atom is -0.480 e. The Kier molecular flexibility index (Phi) is 13.8. The molecule has 0 unspecified atom stereocenters. The van der Waals surface area contributed by atoms with E-state index >= 15 is 0 Å². The number of aryl methyl sites for hydroxylation is 2. The highest BCUT2D eigenvalue weighted by atomic mass is 16.5. The topological polar surface area (TPSA) is 147 Å². The highest BCUT2D eigenvalue weighted by molar-refractivity contribution is 6.05. The third-order valence-electron chi connectivity index (χ3n) is 9.61. The maximum Gasteiger partial charge on any atom is 0.329 e. The largest absolute Gasteiger partial charge is 0.480 e. The van der Waals surface area contributed by atoms with Gasteiger partial charge in [-0.2, -0.15) is 0 Å². The molecule has 2 fully saturated rings. The van der Waals surface area contributed by atoms with E-state index in [1.165, 1.54) is 29.6 Å². The van der Waals surface area contributed by atoms with E-state index in [2.05, 4.69) is 29.0 Å². The van der Waals surface area contributed by atoms with E-state index in [4.69, 9.17) is 14.2 Å². The van der Waals surface area contributed by atoms with E-state index < -0.39 is 24.0 Å². The normalized spacial score (nSPS) is 17.9. The van der Waals surface area contributed by atoms with Crippen molar-refractivity contribution in [3.63, 3.8) is 0 Å². The number of methoxy groups -OCH3 is 3. The zero-order valence-corrected chi connectivity index (χ0v) is 31.7. The smallest absolute Gasteiger partial charge is 0.329 e. The van der Waals surface area contributed by atoms with Crippen LogP contribution < -0.4 is 0 Å². The van der Waals surface area contributed by atoms with Gasteiger partial charge in [0.1, 0.15) is 25.5 Å². The van der Waals surface area contributed by atoms with Crippen LogP contribution in [0.1, 0.15) is 44.7 Å². The van der Waals surface area contributed by atoms with Crippen LogP contribution in [0.3, 0.4) is 0 Å². The summed E-state index contributed by atoms with van der Waals surface area (Å²) >= 11 is 0. The summed E-state index contributed by atoms with van der Waals surface area (Å²) in [6, 6.07) is 29.3. The third-order valence-corrected chi connectivity index (χ3v) is 9.61. The molecule has 2 heterocycles. The second kappa shape index (κ2) is 18.9. The van der Waals surface area contributed by atoms with Gasteiger partial charge in [0, 0.05) is 49.6 Å². The molecule has 12 nitrogen and oxygen atoms in total. The van der Waals surface area contributed by atoms with Gasteiger partial charge in [-0.1, -0.05) is 72.8 Å². The molecule has 55 heavy (non-hydrogen) atoms. The Hall–Kier alpha value is -5.98. The highest BCUT2D eigenvalue weighted by Gasteiger charge is 2.39. The van der Waals surface area contributed by atoms with Gasteiger partial charge >= 0.3 is 11.9 Å². The molecule has 6 rings (SSSR count). The van der Waals surface area contributed by atoms with Gasteiger partial charge in [-0.3, -0.25) is 19.6 Å². The lowest BCUT2D eigenvalue weighted by atomic mass is 9.99. The summed E-state index contributed by atoms with van der Waals surface area (Å²) in [5, 5.41) is 9.47. The van der Waals surface area contributed by atoms with E-state index in [9.17, 15) is 24.3 Å². The minimum atomic E-state index is -1.03. The molecule has 2 amide bonds. The fourth-order valence-electron chi connectivity index (χ4n) is 6.65. The lowest BCUT2D eigenvalue weighted by Crippen LogP contribution is -2.41. The molecule has 0 bridgehead atoms. The summed E-state index contributed by atoms with van der Waals surface area (Å²) in [6.07, 6.45) is 0.592. The number of amides is 2. The number of aliphatic imine (C=N–C) groups is 2. The minimum absolute atomic E-state index is 0.162. The van der Waals surface area contributed by atoms with E-state index in [1.807, 2.05) is 67.6 Å². The number of nitrogens with zero attached hydrogens (tertiary/aromatic N) is 4. The van der Waals surface area contributed by atoms with Crippen LogP contribution >= 0.6 is 0 Å². The molecule has 0 aliphatic carbocycles. The SMILES string of the molecule is COCN=C1C[C@@H](C(=O)O)N(C(=O)c2ccc(-c3ccccc3C)cc2)C1.COCN=C1C[C@@H](C(=O)OC)N(C(=O)c2ccc(-c3ccccc3C)cc2)C1. The average molecular weight is 747 g/mol. The van der Waals surface area contributed by atoms with Crippen LogP contribution in [0.2, 0.25) is 0 Å². The number of aliphatic carboxylic acids is 1. The number of carboxylic acids is 1. The summed E-state index contributed by atoms with van der Waals surface area (Å²) in [7, 11) is 4.40. The number of hydrogen-bond acceptors (Lipinski definition) is 9. The number of esters is 1. The quantitative estimate of drug-likeness (QED) is 0.192. The first-order valence-electron chi connectivity index (χ1n) is 17.8. The van der Waals surface area contributed by atoms with Crippen LogP contribution in [0.5, 0.6) is 0 Å². The van der Waals surface area contributed by atoms with Gasteiger partial charge in [0.2, 0.25) is 0 Å². The van der Waals surface area contributed by atoms with Crippen LogP contribution in [-0.4, -0.2) is 110 Å². The van der Waals surface area contributed by atoms with Crippen LogP contribution in [-0.2, 0) is 23.8 Å². The molecule has 2 atom stereocenters. The Bertz CT molecular complexity index is 2060. The third kappa shape index (κ3) is 9.77. The van der Waals surface area contributed by atoms with Crippen molar-refractivity contribution in [3.8, 4) is 22.3 Å². The molecule has 12 heteroatoms. The number of carbonyl (C=O) groups is 4. The molecule has 0 radical (unpaired) electrons. The van der Waals surface area contributed by atoms with E-state index in [1.54, 1.807) is 31.4 Å². The standard InChI is InChI=1S/C22H24N2O4.C21H22N2O4/c1-15-6-4-5-7-19(15)16-8-10-17(11-9-16)21(25)24-13-18(23-14-27-2)12-20(24)22(26)28-3;1-14-5-3-4-6-18(14)15-7-9-16(10-8-15)20(24)23-12-17(22-13-27-2)11-19(23)21(25)26/h4-11,20H,12-14H2,1-3H3;3-10,19H,11-13H2,1-2H3,(H,25,26)/t20-;19-/m00/s1. The second-order valence-electron chi connectivity index (χ2n) is 13.2. The maximum atomic E-state index is 13.0. The van der Waals surface area contributed by atoms with Crippen molar-refractivity contribution in [2.45, 2.75) is 38.8 Å². The summed E-state index contributed by atoms with van der Waals surface area (Å²) in [4.78, 5) is 61.0. The van der Waals surface area contributed by atoms with Gasteiger partial charge in [0.15, 0.2) is 0 Å². The predicted molar refractivity (Wildman–Crippen MR) is 210 cm³/mol. The van der Waals surface area contributed by atoms with Gasteiger partial charge in [-0.05, 0) is 71.5 Å². The molecule has 4 aromatic rings. The molecular formula is C43H46N4O8. The van der Waals surface area contributed by atoms with Crippen LogP contribution in [0, 0.1) is 13.8 Å². The summed E-state index contributed by atoms with van der Waals surface area (Å²) < 4.78 is 14.7. The molecule has 2 aliphatic rings. The molecule has 1 N–H and O–H groups in total. The first kappa shape index (κ1) is 40.2. The van der Waals surface area contributed by atoms with Crippen molar-refractivity contribution in [3.05, 3.63) is 119 Å². The van der Waals surface area contributed by atoms with Crippen LogP contribution in [0.25, 0.3) is 22.3 Å². The molecule has 4 aromatic carbocycles. The van der Waals surface area contributed by atoms with E-state index in [0.717, 1.165) is 33.5 Å². The summed E-state index contributed by atoms with van der Waals surface area (Å²) in [5.74, 6) is -1.98. The van der Waals surface area contributed by atoms with E-state index in [0.29, 0.717) is 29.8 Å². The van der Waals surface area contributed by atoms with Crippen LogP contribution in [0.4, 0.5) is 0 Å². The van der Waals surface area contributed by atoms with Crippen LogP contribution in [0.15, 0.2) is 107 Å². The van der Waals surface area contributed by atoms with Crippen molar-refractivity contribution in [1.29, 1.82) is 0 Å². The number of benzene rings is 4. The van der Waals surface area contributed by atoms with E-state index in [-0.39, 0.29) is 38.2 Å². The fraction of sp³-hybridized carbons (Fsp3) is 0.302. The van der Waals surface area contributed by atoms with Gasteiger partial charge in [-0.25, -0.2) is 9.59 Å². The number of ether oxygens (including phenoxy) is 3. The Balaban J connectivity index is 0.000000211. The number of hydrogen-bond donors (Lipinski definition) is 1. The number of likely N-dealkylation sites (tertiary alicyclic amines) is 2. The number of rotatable bonds is 10. The van der Waals surface area contributed by atoms with Gasteiger partial charge in [-0.15, -0.1) is 0 Å². The lowest BCUT2D eigenvalue weighted by Gasteiger charge is -2.22. The van der Waals surface area contributed by atoms with Gasteiger partial charge in [0.25, 0.3) is 11.8 Å². The zero-order valence-electron chi connectivity index (χ0n) is 31.7. The van der Waals surface area contributed by atoms with Gasteiger partial charge in [0.05, 0.1) is 20.2 Å². The summed E-state index contributed by atoms with van der Waals surface area (Å²) in [5.41, 5.74) is 9.03. The Labute approximate surface area is 321 Å². The number of carboxylic acid groups (broad SMARTS) is 1. The summed E-state index contributed by atoms with van der Waals surface area (Å²) in [6.45, 7) is 4.96. The molecule has 2 aliphatic heterocycles. The molecule has 0 aromatic heterocycles. The molecule has 286 valence electrons. The van der Waals surface area contributed by atoms with Crippen molar-refractivity contribution in [2.75, 3.05) is 47.9 Å². The van der Waals surface area contributed by atoms with Crippen molar-refractivity contribution < 1.29 is 38.5 Å². The highest BCUT2D eigenvalue weighted by Crippen LogP contribution is 2.27. The van der Waals surface area contributed by atoms with Crippen molar-refractivity contribution in [2.24, 2.45) is 9.98 Å². The fourth-order valence-corrected chi connectivity index (χ4v) is 6.65. The predicted octanol–water partition coefficient (Wildman–Crippen LogP) is 6.10. The maximum absolute atomic E-state index is 13.0. The van der Waals surface area contributed by atoms with Crippen molar-refractivity contribution in [1.82, 2.24) is 9.80 Å². The molecular weight excluding hydrogens is 700 g/mol. The Morgan fingerprint density at radius 2 is 1.02 bits per heavy atom. The monoisotopic (exact) mass is 746 g/mol. The average Bonchev–Trinajstić information content (AvgIpc) is 3.85. The Morgan fingerprint density at radius 3 is 1.40 bits per heavy atom. The molecule has 0 saturated carbocycles. The van der Waals surface area contributed by atoms with Gasteiger partial charge < -0.3 is 29.1 Å². The van der Waals surface area contributed by atoms with Crippen molar-refractivity contribution >= 4 is 35.2 Å². The number of carbonyl (C=O) groups excluding carboxylic acids is 3. The molecule has 2 saturated heterocycles. The Morgan fingerprint density at radius 1 is 0.618 bits per heavy atom. The second-order valence-corrected chi connectivity index (χ2v) is 13.2. The lowest BCUT2D eigenvalue weighted by molar-refractivity contribution is -0.145. The first-order chi connectivity index (χ1) is 26.6. The molecule has 0 spiro atoms.